The van der Waals surface area contributed by atoms with E-state index in [1.807, 2.05) is 0 Å². The lowest BCUT2D eigenvalue weighted by molar-refractivity contribution is -0.128. The van der Waals surface area contributed by atoms with Crippen molar-refractivity contribution in [2.24, 2.45) is 11.8 Å². The Hall–Kier alpha value is -0.570. The van der Waals surface area contributed by atoms with Gasteiger partial charge in [-0.15, -0.1) is 0 Å². The summed E-state index contributed by atoms with van der Waals surface area (Å²) in [5, 5.41) is 6.54. The van der Waals surface area contributed by atoms with E-state index >= 15 is 0 Å². The van der Waals surface area contributed by atoms with Crippen LogP contribution >= 0.6 is 0 Å². The summed E-state index contributed by atoms with van der Waals surface area (Å²) in [6.45, 7) is 4.29. The minimum Gasteiger partial charge on any atom is -0.353 e. The fourth-order valence-corrected chi connectivity index (χ4v) is 2.20. The zero-order valence-corrected chi connectivity index (χ0v) is 8.88. The highest BCUT2D eigenvalue weighted by Gasteiger charge is 2.29. The first-order valence-electron chi connectivity index (χ1n) is 5.78. The number of carbonyl (C=O) groups is 1. The Bertz CT molecular complexity index is 213. The van der Waals surface area contributed by atoms with E-state index in [9.17, 15) is 4.79 Å². The summed E-state index contributed by atoms with van der Waals surface area (Å²) in [6.07, 6.45) is 4.52. The number of carbonyl (C=O) groups excluding carboxylic acids is 1. The van der Waals surface area contributed by atoms with Crippen LogP contribution in [0, 0.1) is 11.8 Å². The summed E-state index contributed by atoms with van der Waals surface area (Å²) in [7, 11) is 0. The van der Waals surface area contributed by atoms with Crippen molar-refractivity contribution >= 4 is 5.91 Å². The van der Waals surface area contributed by atoms with Crippen molar-refractivity contribution in [2.75, 3.05) is 13.1 Å². The molecule has 1 heterocycles. The van der Waals surface area contributed by atoms with E-state index in [1.54, 1.807) is 0 Å². The third-order valence-corrected chi connectivity index (χ3v) is 3.59. The summed E-state index contributed by atoms with van der Waals surface area (Å²) in [6, 6.07) is 0.407. The average Bonchev–Trinajstić information content (AvgIpc) is 2.05. The van der Waals surface area contributed by atoms with Crippen molar-refractivity contribution in [3.8, 4) is 0 Å². The maximum Gasteiger partial charge on any atom is 0.223 e. The van der Waals surface area contributed by atoms with E-state index in [0.29, 0.717) is 23.8 Å². The van der Waals surface area contributed by atoms with Crippen LogP contribution in [0.25, 0.3) is 0 Å². The Morgan fingerprint density at radius 3 is 2.71 bits per heavy atom. The number of rotatable bonds is 2. The highest BCUT2D eigenvalue weighted by Crippen LogP contribution is 2.26. The molecule has 1 amide bonds. The van der Waals surface area contributed by atoms with Gasteiger partial charge in [0, 0.05) is 12.0 Å². The van der Waals surface area contributed by atoms with Gasteiger partial charge in [-0.2, -0.15) is 0 Å². The van der Waals surface area contributed by atoms with Crippen molar-refractivity contribution in [1.82, 2.24) is 10.6 Å². The Morgan fingerprint density at radius 2 is 2.14 bits per heavy atom. The van der Waals surface area contributed by atoms with Gasteiger partial charge < -0.3 is 10.6 Å². The van der Waals surface area contributed by atoms with Gasteiger partial charge in [0.05, 0.1) is 0 Å². The van der Waals surface area contributed by atoms with E-state index in [1.165, 1.54) is 6.42 Å². The molecule has 2 N–H and O–H groups in total. The average molecular weight is 196 g/mol. The molecular formula is C11H20N2O. The van der Waals surface area contributed by atoms with Crippen LogP contribution in [0.15, 0.2) is 0 Å². The third-order valence-electron chi connectivity index (χ3n) is 3.59. The Balaban J connectivity index is 1.79. The topological polar surface area (TPSA) is 41.1 Å². The first-order chi connectivity index (χ1) is 6.77. The van der Waals surface area contributed by atoms with Crippen LogP contribution in [0.2, 0.25) is 0 Å². The predicted octanol–water partition coefficient (Wildman–Crippen LogP) is 0.901. The molecule has 1 aliphatic carbocycles. The van der Waals surface area contributed by atoms with Gasteiger partial charge in [0.15, 0.2) is 0 Å². The van der Waals surface area contributed by atoms with Gasteiger partial charge in [-0.1, -0.05) is 13.3 Å². The number of amides is 1. The SMILES string of the molecule is CC1CNCCC1NC(=O)C1CCC1. The zero-order chi connectivity index (χ0) is 9.97. The summed E-state index contributed by atoms with van der Waals surface area (Å²) in [4.78, 5) is 11.7. The van der Waals surface area contributed by atoms with Gasteiger partial charge >= 0.3 is 0 Å². The van der Waals surface area contributed by atoms with Crippen LogP contribution in [0.5, 0.6) is 0 Å². The molecule has 2 aliphatic rings. The molecule has 80 valence electrons. The molecule has 2 rings (SSSR count). The molecule has 3 heteroatoms. The fourth-order valence-electron chi connectivity index (χ4n) is 2.20. The second-order valence-electron chi connectivity index (χ2n) is 4.71. The standard InChI is InChI=1S/C11H20N2O/c1-8-7-12-6-5-10(8)13-11(14)9-3-2-4-9/h8-10,12H,2-7H2,1H3,(H,13,14). The fraction of sp³-hybridized carbons (Fsp3) is 0.909. The van der Waals surface area contributed by atoms with Crippen molar-refractivity contribution in [1.29, 1.82) is 0 Å². The predicted molar refractivity (Wildman–Crippen MR) is 55.9 cm³/mol. The second-order valence-corrected chi connectivity index (χ2v) is 4.71. The van der Waals surface area contributed by atoms with E-state index in [2.05, 4.69) is 17.6 Å². The van der Waals surface area contributed by atoms with Gasteiger partial charge in [0.25, 0.3) is 0 Å². The molecule has 0 radical (unpaired) electrons. The summed E-state index contributed by atoms with van der Waals surface area (Å²) in [5.74, 6) is 1.21. The molecule has 14 heavy (non-hydrogen) atoms. The molecule has 0 bridgehead atoms. The quantitative estimate of drug-likeness (QED) is 0.689. The van der Waals surface area contributed by atoms with E-state index < -0.39 is 0 Å². The first-order valence-corrected chi connectivity index (χ1v) is 5.78. The minimum atomic E-state index is 0.301. The van der Waals surface area contributed by atoms with Crippen molar-refractivity contribution in [3.05, 3.63) is 0 Å². The summed E-state index contributed by atoms with van der Waals surface area (Å²) < 4.78 is 0. The van der Waals surface area contributed by atoms with Crippen LogP contribution in [-0.4, -0.2) is 25.0 Å². The van der Waals surface area contributed by atoms with Crippen molar-refractivity contribution in [2.45, 2.75) is 38.6 Å². The van der Waals surface area contributed by atoms with Gasteiger partial charge in [0.1, 0.15) is 0 Å². The lowest BCUT2D eigenvalue weighted by atomic mass is 9.84. The molecule has 3 nitrogen and oxygen atoms in total. The van der Waals surface area contributed by atoms with E-state index in [-0.39, 0.29) is 0 Å². The number of nitrogens with one attached hydrogen (secondary N) is 2. The molecule has 0 spiro atoms. The van der Waals surface area contributed by atoms with Crippen LogP contribution in [-0.2, 0) is 4.79 Å². The maximum absolute atomic E-state index is 11.7. The Morgan fingerprint density at radius 1 is 1.36 bits per heavy atom. The van der Waals surface area contributed by atoms with E-state index in [4.69, 9.17) is 0 Å². The van der Waals surface area contributed by atoms with Gasteiger partial charge in [-0.25, -0.2) is 0 Å². The number of piperidine rings is 1. The first kappa shape index (κ1) is 9.97. The largest absolute Gasteiger partial charge is 0.353 e. The normalized spacial score (nSPS) is 33.5. The van der Waals surface area contributed by atoms with E-state index in [0.717, 1.165) is 32.4 Å². The molecule has 2 fully saturated rings. The Kier molecular flexibility index (Phi) is 3.06. The van der Waals surface area contributed by atoms with Crippen LogP contribution in [0.3, 0.4) is 0 Å². The molecule has 1 saturated heterocycles. The third kappa shape index (κ3) is 2.08. The van der Waals surface area contributed by atoms with Crippen LogP contribution < -0.4 is 10.6 Å². The van der Waals surface area contributed by atoms with Crippen LogP contribution in [0.4, 0.5) is 0 Å². The molecule has 0 aromatic heterocycles. The van der Waals surface area contributed by atoms with Gasteiger partial charge in [-0.05, 0) is 38.3 Å². The second kappa shape index (κ2) is 4.30. The summed E-state index contributed by atoms with van der Waals surface area (Å²) in [5.41, 5.74) is 0. The minimum absolute atomic E-state index is 0.301. The number of hydrogen-bond acceptors (Lipinski definition) is 2. The summed E-state index contributed by atoms with van der Waals surface area (Å²) >= 11 is 0. The van der Waals surface area contributed by atoms with Crippen molar-refractivity contribution < 1.29 is 4.79 Å². The molecule has 2 atom stereocenters. The number of hydrogen-bond donors (Lipinski definition) is 2. The molecule has 1 aliphatic heterocycles. The van der Waals surface area contributed by atoms with Crippen molar-refractivity contribution in [3.63, 3.8) is 0 Å². The van der Waals surface area contributed by atoms with Gasteiger partial charge in [-0.3, -0.25) is 4.79 Å². The molecule has 1 saturated carbocycles. The lowest BCUT2D eigenvalue weighted by Gasteiger charge is -2.33. The maximum atomic E-state index is 11.7. The van der Waals surface area contributed by atoms with Gasteiger partial charge in [0.2, 0.25) is 5.91 Å². The highest BCUT2D eigenvalue weighted by molar-refractivity contribution is 5.79. The monoisotopic (exact) mass is 196 g/mol. The van der Waals surface area contributed by atoms with Crippen LogP contribution in [0.1, 0.15) is 32.6 Å². The highest BCUT2D eigenvalue weighted by atomic mass is 16.2. The molecule has 0 aromatic carbocycles. The molecule has 2 unspecified atom stereocenters. The zero-order valence-electron chi connectivity index (χ0n) is 8.88. The Labute approximate surface area is 85.6 Å². The molecular weight excluding hydrogens is 176 g/mol. The smallest absolute Gasteiger partial charge is 0.223 e. The molecule has 0 aromatic rings. The lowest BCUT2D eigenvalue weighted by Crippen LogP contribution is -2.50.